The van der Waals surface area contributed by atoms with Crippen LogP contribution in [0.1, 0.15) is 31.7 Å². The molecule has 0 spiro atoms. The zero-order chi connectivity index (χ0) is 14.8. The predicted octanol–water partition coefficient (Wildman–Crippen LogP) is 2.99. The van der Waals surface area contributed by atoms with Gasteiger partial charge in [0.05, 0.1) is 11.1 Å². The van der Waals surface area contributed by atoms with Crippen LogP contribution in [0.3, 0.4) is 0 Å². The molecule has 5 heteroatoms. The lowest BCUT2D eigenvalue weighted by molar-refractivity contribution is -0.127. The summed E-state index contributed by atoms with van der Waals surface area (Å²) in [4.78, 5) is 12.4. The van der Waals surface area contributed by atoms with Crippen LogP contribution in [0.5, 0.6) is 0 Å². The van der Waals surface area contributed by atoms with Crippen LogP contribution in [0, 0.1) is 24.0 Å². The summed E-state index contributed by atoms with van der Waals surface area (Å²) >= 11 is 0. The second kappa shape index (κ2) is 5.87. The molecule has 1 amide bonds. The average molecular weight is 282 g/mol. The number of hydrogen-bond acceptors (Lipinski definition) is 2. The van der Waals surface area contributed by atoms with E-state index in [1.165, 1.54) is 6.92 Å². The number of rotatable bonds is 3. The van der Waals surface area contributed by atoms with Gasteiger partial charge in [0, 0.05) is 6.07 Å². The Balaban J connectivity index is 2.20. The second-order valence-corrected chi connectivity index (χ2v) is 5.42. The van der Waals surface area contributed by atoms with Crippen LogP contribution >= 0.6 is 0 Å². The maximum absolute atomic E-state index is 13.8. The van der Waals surface area contributed by atoms with E-state index in [0.717, 1.165) is 25.2 Å². The molecule has 0 unspecified atom stereocenters. The summed E-state index contributed by atoms with van der Waals surface area (Å²) in [5.74, 6) is -1.33. The SMILES string of the molecule is CCC1(C(=O)Nc2cc(F)c(C)cc2F)CCNCC1. The Morgan fingerprint density at radius 2 is 1.95 bits per heavy atom. The lowest BCUT2D eigenvalue weighted by Crippen LogP contribution is -2.44. The Bertz CT molecular complexity index is 511. The van der Waals surface area contributed by atoms with Crippen LogP contribution < -0.4 is 10.6 Å². The number of anilines is 1. The first-order valence-electron chi connectivity index (χ1n) is 6.96. The fraction of sp³-hybridized carbons (Fsp3) is 0.533. The molecule has 20 heavy (non-hydrogen) atoms. The van der Waals surface area contributed by atoms with Gasteiger partial charge in [0.15, 0.2) is 0 Å². The fourth-order valence-corrected chi connectivity index (χ4v) is 2.64. The third-order valence-corrected chi connectivity index (χ3v) is 4.22. The first-order valence-corrected chi connectivity index (χ1v) is 6.96. The lowest BCUT2D eigenvalue weighted by Gasteiger charge is -2.35. The summed E-state index contributed by atoms with van der Waals surface area (Å²) in [6, 6.07) is 2.15. The molecular formula is C15H20F2N2O. The van der Waals surface area contributed by atoms with Crippen molar-refractivity contribution in [2.24, 2.45) is 5.41 Å². The van der Waals surface area contributed by atoms with Crippen LogP contribution in [0.25, 0.3) is 0 Å². The highest BCUT2D eigenvalue weighted by Gasteiger charge is 2.38. The maximum atomic E-state index is 13.8. The van der Waals surface area contributed by atoms with Gasteiger partial charge in [-0.05, 0) is 50.9 Å². The maximum Gasteiger partial charge on any atom is 0.230 e. The van der Waals surface area contributed by atoms with Crippen LogP contribution in [0.4, 0.5) is 14.5 Å². The summed E-state index contributed by atoms with van der Waals surface area (Å²) in [7, 11) is 0. The number of nitrogens with one attached hydrogen (secondary N) is 2. The zero-order valence-electron chi connectivity index (χ0n) is 11.9. The van der Waals surface area contributed by atoms with E-state index in [-0.39, 0.29) is 17.2 Å². The number of piperidine rings is 1. The molecule has 2 N–H and O–H groups in total. The van der Waals surface area contributed by atoms with E-state index < -0.39 is 17.0 Å². The molecule has 0 atom stereocenters. The molecule has 1 heterocycles. The van der Waals surface area contributed by atoms with Crippen molar-refractivity contribution >= 4 is 11.6 Å². The molecule has 1 aromatic carbocycles. The minimum atomic E-state index is -0.600. The third kappa shape index (κ3) is 2.82. The van der Waals surface area contributed by atoms with Gasteiger partial charge in [-0.1, -0.05) is 6.92 Å². The summed E-state index contributed by atoms with van der Waals surface area (Å²) in [5, 5.41) is 5.76. The third-order valence-electron chi connectivity index (χ3n) is 4.22. The molecule has 0 saturated carbocycles. The number of carbonyl (C=O) groups excluding carboxylic acids is 1. The van der Waals surface area contributed by atoms with E-state index >= 15 is 0 Å². The van der Waals surface area contributed by atoms with Gasteiger partial charge in [-0.2, -0.15) is 0 Å². The van der Waals surface area contributed by atoms with E-state index in [1.807, 2.05) is 6.92 Å². The van der Waals surface area contributed by atoms with Crippen molar-refractivity contribution in [2.75, 3.05) is 18.4 Å². The largest absolute Gasteiger partial charge is 0.323 e. The Morgan fingerprint density at radius 3 is 2.55 bits per heavy atom. The van der Waals surface area contributed by atoms with E-state index in [4.69, 9.17) is 0 Å². The molecule has 0 radical (unpaired) electrons. The Hall–Kier alpha value is -1.49. The van der Waals surface area contributed by atoms with Gasteiger partial charge in [-0.25, -0.2) is 8.78 Å². The Labute approximate surface area is 117 Å². The summed E-state index contributed by atoms with van der Waals surface area (Å²) in [6.45, 7) is 4.99. The molecule has 1 saturated heterocycles. The van der Waals surface area contributed by atoms with Crippen molar-refractivity contribution < 1.29 is 13.6 Å². The van der Waals surface area contributed by atoms with E-state index in [2.05, 4.69) is 10.6 Å². The lowest BCUT2D eigenvalue weighted by atomic mass is 9.76. The van der Waals surface area contributed by atoms with Crippen LogP contribution in [0.2, 0.25) is 0 Å². The first kappa shape index (κ1) is 14.9. The number of carbonyl (C=O) groups is 1. The number of halogens is 2. The molecule has 1 aliphatic heterocycles. The van der Waals surface area contributed by atoms with Gasteiger partial charge in [-0.3, -0.25) is 4.79 Å². The molecule has 1 aliphatic rings. The van der Waals surface area contributed by atoms with Crippen molar-refractivity contribution in [2.45, 2.75) is 33.1 Å². The van der Waals surface area contributed by atoms with Gasteiger partial charge in [0.25, 0.3) is 0 Å². The number of aryl methyl sites for hydroxylation is 1. The standard InChI is InChI=1S/C15H20F2N2O/c1-3-15(4-6-18-7-5-15)14(20)19-13-9-11(16)10(2)8-12(13)17/h8-9,18H,3-7H2,1-2H3,(H,19,20). The smallest absolute Gasteiger partial charge is 0.230 e. The number of amides is 1. The molecule has 0 aromatic heterocycles. The van der Waals surface area contributed by atoms with Gasteiger partial charge < -0.3 is 10.6 Å². The molecule has 2 rings (SSSR count). The van der Waals surface area contributed by atoms with Gasteiger partial charge >= 0.3 is 0 Å². The van der Waals surface area contributed by atoms with E-state index in [0.29, 0.717) is 19.3 Å². The first-order chi connectivity index (χ1) is 9.48. The minimum Gasteiger partial charge on any atom is -0.323 e. The van der Waals surface area contributed by atoms with E-state index in [9.17, 15) is 13.6 Å². The van der Waals surface area contributed by atoms with Crippen molar-refractivity contribution in [3.8, 4) is 0 Å². The number of hydrogen-bond donors (Lipinski definition) is 2. The van der Waals surface area contributed by atoms with Crippen molar-refractivity contribution in [3.63, 3.8) is 0 Å². The van der Waals surface area contributed by atoms with Crippen molar-refractivity contribution in [3.05, 3.63) is 29.3 Å². The molecular weight excluding hydrogens is 262 g/mol. The highest BCUT2D eigenvalue weighted by atomic mass is 19.1. The highest BCUT2D eigenvalue weighted by molar-refractivity contribution is 5.95. The molecule has 0 aliphatic carbocycles. The molecule has 1 aromatic rings. The molecule has 3 nitrogen and oxygen atoms in total. The van der Waals surface area contributed by atoms with Crippen LogP contribution in [-0.4, -0.2) is 19.0 Å². The topological polar surface area (TPSA) is 41.1 Å². The van der Waals surface area contributed by atoms with Gasteiger partial charge in [0.2, 0.25) is 5.91 Å². The Kier molecular flexibility index (Phi) is 4.38. The second-order valence-electron chi connectivity index (χ2n) is 5.42. The quantitative estimate of drug-likeness (QED) is 0.895. The number of benzene rings is 1. The van der Waals surface area contributed by atoms with Crippen molar-refractivity contribution in [1.29, 1.82) is 0 Å². The minimum absolute atomic E-state index is 0.0792. The average Bonchev–Trinajstić information content (AvgIpc) is 2.45. The molecule has 110 valence electrons. The highest BCUT2D eigenvalue weighted by Crippen LogP contribution is 2.34. The van der Waals surface area contributed by atoms with Crippen LogP contribution in [-0.2, 0) is 4.79 Å². The van der Waals surface area contributed by atoms with Gasteiger partial charge in [0.1, 0.15) is 11.6 Å². The molecule has 0 bridgehead atoms. The predicted molar refractivity (Wildman–Crippen MR) is 74.6 cm³/mol. The summed E-state index contributed by atoms with van der Waals surface area (Å²) in [6.07, 6.45) is 2.12. The zero-order valence-corrected chi connectivity index (χ0v) is 11.9. The Morgan fingerprint density at radius 1 is 1.30 bits per heavy atom. The summed E-state index contributed by atoms with van der Waals surface area (Å²) in [5.41, 5.74) is -0.337. The van der Waals surface area contributed by atoms with E-state index in [1.54, 1.807) is 0 Å². The van der Waals surface area contributed by atoms with Crippen molar-refractivity contribution in [1.82, 2.24) is 5.32 Å². The normalized spacial score (nSPS) is 17.8. The van der Waals surface area contributed by atoms with Crippen LogP contribution in [0.15, 0.2) is 12.1 Å². The fourth-order valence-electron chi connectivity index (χ4n) is 2.64. The molecule has 1 fully saturated rings. The van der Waals surface area contributed by atoms with Gasteiger partial charge in [-0.15, -0.1) is 0 Å². The monoisotopic (exact) mass is 282 g/mol. The summed E-state index contributed by atoms with van der Waals surface area (Å²) < 4.78 is 27.3.